The molecule has 3 rings (SSSR count). The summed E-state index contributed by atoms with van der Waals surface area (Å²) in [5.41, 5.74) is 3.17. The fourth-order valence-corrected chi connectivity index (χ4v) is 3.29. The van der Waals surface area contributed by atoms with Gasteiger partial charge in [0.1, 0.15) is 6.29 Å². The van der Waals surface area contributed by atoms with E-state index in [-0.39, 0.29) is 0 Å². The van der Waals surface area contributed by atoms with Gasteiger partial charge in [0.25, 0.3) is 0 Å². The molecular weight excluding hydrogens is 232 g/mol. The maximum atomic E-state index is 12.0. The summed E-state index contributed by atoms with van der Waals surface area (Å²) >= 11 is 0. The van der Waals surface area contributed by atoms with Crippen LogP contribution in [0.5, 0.6) is 0 Å². The van der Waals surface area contributed by atoms with Crippen LogP contribution in [-0.2, 0) is 10.2 Å². The zero-order chi connectivity index (χ0) is 13.3. The molecule has 0 amide bonds. The molecule has 0 heterocycles. The monoisotopic (exact) mass is 250 g/mol. The second-order valence-corrected chi connectivity index (χ2v) is 5.48. The molecule has 0 aliphatic heterocycles. The molecular formula is C18H18O. The third-order valence-electron chi connectivity index (χ3n) is 4.43. The number of aldehydes is 1. The van der Waals surface area contributed by atoms with Crippen LogP contribution in [0.3, 0.4) is 0 Å². The predicted molar refractivity (Wildman–Crippen MR) is 77.4 cm³/mol. The number of fused-ring (bicyclic) bond motifs is 1. The number of hydrogen-bond donors (Lipinski definition) is 0. The summed E-state index contributed by atoms with van der Waals surface area (Å²) in [4.78, 5) is 12.0. The van der Waals surface area contributed by atoms with Gasteiger partial charge in [-0.3, -0.25) is 0 Å². The van der Waals surface area contributed by atoms with Gasteiger partial charge in [-0.25, -0.2) is 0 Å². The van der Waals surface area contributed by atoms with Crippen LogP contribution < -0.4 is 0 Å². The minimum atomic E-state index is -0.454. The summed E-state index contributed by atoms with van der Waals surface area (Å²) in [5, 5.41) is 0. The Kier molecular flexibility index (Phi) is 2.98. The molecule has 0 bridgehead atoms. The lowest BCUT2D eigenvalue weighted by atomic mass is 9.64. The zero-order valence-corrected chi connectivity index (χ0v) is 11.2. The molecule has 0 aromatic heterocycles. The highest BCUT2D eigenvalue weighted by Gasteiger charge is 2.39. The van der Waals surface area contributed by atoms with E-state index in [0.717, 1.165) is 24.7 Å². The average molecular weight is 250 g/mol. The molecule has 1 nitrogen and oxygen atoms in total. The Bertz CT molecular complexity index is 588. The molecule has 1 aliphatic carbocycles. The summed E-state index contributed by atoms with van der Waals surface area (Å²) in [6, 6.07) is 18.6. The molecule has 0 spiro atoms. The summed E-state index contributed by atoms with van der Waals surface area (Å²) in [7, 11) is 0. The average Bonchev–Trinajstić information content (AvgIpc) is 2.49. The number of benzene rings is 2. The van der Waals surface area contributed by atoms with Crippen molar-refractivity contribution >= 4 is 6.29 Å². The van der Waals surface area contributed by atoms with E-state index in [0.29, 0.717) is 5.92 Å². The van der Waals surface area contributed by atoms with Gasteiger partial charge in [0.05, 0.1) is 5.41 Å². The Morgan fingerprint density at radius 2 is 1.74 bits per heavy atom. The molecule has 2 aromatic carbocycles. The number of carbonyl (C=O) groups excluding carboxylic acids is 1. The van der Waals surface area contributed by atoms with Crippen LogP contribution in [0.1, 0.15) is 42.4 Å². The van der Waals surface area contributed by atoms with E-state index in [9.17, 15) is 4.79 Å². The number of hydrogen-bond acceptors (Lipinski definition) is 1. The van der Waals surface area contributed by atoms with E-state index in [1.807, 2.05) is 24.3 Å². The lowest BCUT2D eigenvalue weighted by Gasteiger charge is -2.37. The number of rotatable bonds is 2. The summed E-state index contributed by atoms with van der Waals surface area (Å²) in [6.45, 7) is 2.25. The molecule has 1 aliphatic rings. The first kappa shape index (κ1) is 12.2. The Balaban J connectivity index is 2.24. The van der Waals surface area contributed by atoms with Crippen LogP contribution in [0.25, 0.3) is 0 Å². The summed E-state index contributed by atoms with van der Waals surface area (Å²) in [5.74, 6) is 0.535. The lowest BCUT2D eigenvalue weighted by Crippen LogP contribution is -2.34. The van der Waals surface area contributed by atoms with Gasteiger partial charge in [0.2, 0.25) is 0 Å². The van der Waals surface area contributed by atoms with Gasteiger partial charge in [-0.2, -0.15) is 0 Å². The van der Waals surface area contributed by atoms with Crippen molar-refractivity contribution in [1.82, 2.24) is 0 Å². The quantitative estimate of drug-likeness (QED) is 0.734. The van der Waals surface area contributed by atoms with E-state index in [1.54, 1.807) is 0 Å². The first-order valence-corrected chi connectivity index (χ1v) is 6.89. The van der Waals surface area contributed by atoms with Crippen LogP contribution in [0.2, 0.25) is 0 Å². The maximum Gasteiger partial charge on any atom is 0.134 e. The van der Waals surface area contributed by atoms with Gasteiger partial charge in [0.15, 0.2) is 0 Å². The summed E-state index contributed by atoms with van der Waals surface area (Å²) < 4.78 is 0. The molecule has 2 atom stereocenters. The van der Waals surface area contributed by atoms with Gasteiger partial charge in [-0.1, -0.05) is 61.5 Å². The van der Waals surface area contributed by atoms with Crippen molar-refractivity contribution in [2.45, 2.75) is 31.1 Å². The Morgan fingerprint density at radius 1 is 1.05 bits per heavy atom. The molecule has 0 radical (unpaired) electrons. The smallest absolute Gasteiger partial charge is 0.134 e. The standard InChI is InChI=1S/C18H18O/c1-14-11-12-18(13-19,15-7-3-2-4-8-15)17-10-6-5-9-16(14)17/h2-10,13-14H,11-12H2,1H3/t14-,18+/m1/s1. The molecule has 0 saturated carbocycles. The van der Waals surface area contributed by atoms with Crippen LogP contribution in [0, 0.1) is 0 Å². The molecule has 0 fully saturated rings. The molecule has 0 N–H and O–H groups in total. The lowest BCUT2D eigenvalue weighted by molar-refractivity contribution is -0.111. The van der Waals surface area contributed by atoms with Gasteiger partial charge < -0.3 is 4.79 Å². The van der Waals surface area contributed by atoms with E-state index >= 15 is 0 Å². The second kappa shape index (κ2) is 4.65. The largest absolute Gasteiger partial charge is 0.302 e. The molecule has 2 aromatic rings. The zero-order valence-electron chi connectivity index (χ0n) is 11.2. The van der Waals surface area contributed by atoms with Gasteiger partial charge >= 0.3 is 0 Å². The number of carbonyl (C=O) groups is 1. The van der Waals surface area contributed by atoms with Gasteiger partial charge in [-0.15, -0.1) is 0 Å². The van der Waals surface area contributed by atoms with Crippen LogP contribution in [0.4, 0.5) is 0 Å². The van der Waals surface area contributed by atoms with Gasteiger partial charge in [0, 0.05) is 0 Å². The van der Waals surface area contributed by atoms with E-state index < -0.39 is 5.41 Å². The van der Waals surface area contributed by atoms with Crippen LogP contribution >= 0.6 is 0 Å². The van der Waals surface area contributed by atoms with Crippen molar-refractivity contribution < 1.29 is 4.79 Å². The fraction of sp³-hybridized carbons (Fsp3) is 0.278. The maximum absolute atomic E-state index is 12.0. The molecule has 96 valence electrons. The minimum absolute atomic E-state index is 0.454. The highest BCUT2D eigenvalue weighted by Crippen LogP contribution is 2.45. The highest BCUT2D eigenvalue weighted by molar-refractivity contribution is 5.76. The van der Waals surface area contributed by atoms with Crippen molar-refractivity contribution in [2.75, 3.05) is 0 Å². The minimum Gasteiger partial charge on any atom is -0.302 e. The van der Waals surface area contributed by atoms with Crippen molar-refractivity contribution in [3.05, 3.63) is 71.3 Å². The van der Waals surface area contributed by atoms with E-state index in [2.05, 4.69) is 37.3 Å². The SMILES string of the molecule is C[C@@H]1CC[C@](C=O)(c2ccccc2)c2ccccc21. The second-order valence-electron chi connectivity index (χ2n) is 5.48. The summed E-state index contributed by atoms with van der Waals surface area (Å²) in [6.07, 6.45) is 3.11. The van der Waals surface area contributed by atoms with Gasteiger partial charge in [-0.05, 0) is 35.4 Å². The van der Waals surface area contributed by atoms with E-state index in [4.69, 9.17) is 0 Å². The fourth-order valence-electron chi connectivity index (χ4n) is 3.29. The Hall–Kier alpha value is -1.89. The first-order valence-electron chi connectivity index (χ1n) is 6.89. The molecule has 0 saturated heterocycles. The molecule has 0 unspecified atom stereocenters. The van der Waals surface area contributed by atoms with Crippen molar-refractivity contribution in [1.29, 1.82) is 0 Å². The van der Waals surface area contributed by atoms with Crippen molar-refractivity contribution in [2.24, 2.45) is 0 Å². The Morgan fingerprint density at radius 3 is 2.47 bits per heavy atom. The predicted octanol–water partition coefficient (Wildman–Crippen LogP) is 4.07. The normalized spacial score (nSPS) is 25.6. The van der Waals surface area contributed by atoms with Crippen molar-refractivity contribution in [3.8, 4) is 0 Å². The Labute approximate surface area is 114 Å². The van der Waals surface area contributed by atoms with Crippen LogP contribution in [0.15, 0.2) is 54.6 Å². The first-order chi connectivity index (χ1) is 9.28. The van der Waals surface area contributed by atoms with Crippen molar-refractivity contribution in [3.63, 3.8) is 0 Å². The third kappa shape index (κ3) is 1.81. The van der Waals surface area contributed by atoms with Crippen LogP contribution in [-0.4, -0.2) is 6.29 Å². The third-order valence-corrected chi connectivity index (χ3v) is 4.43. The molecule has 1 heteroatoms. The van der Waals surface area contributed by atoms with E-state index in [1.165, 1.54) is 11.1 Å². The topological polar surface area (TPSA) is 17.1 Å². The molecule has 19 heavy (non-hydrogen) atoms. The highest BCUT2D eigenvalue weighted by atomic mass is 16.1.